The average Bonchev–Trinajstić information content (AvgIpc) is 2.30. The predicted molar refractivity (Wildman–Crippen MR) is 67.7 cm³/mol. The fraction of sp³-hybridized carbons (Fsp3) is 0.917. The first-order chi connectivity index (χ1) is 8.11. The molecule has 1 aliphatic rings. The highest BCUT2D eigenvalue weighted by atomic mass is 16.5. The second-order valence-corrected chi connectivity index (χ2v) is 4.68. The molecule has 0 radical (unpaired) electrons. The molecule has 0 bridgehead atoms. The molecule has 1 aliphatic heterocycles. The Balaban J connectivity index is 2.12. The zero-order valence-electron chi connectivity index (χ0n) is 10.9. The van der Waals surface area contributed by atoms with Crippen molar-refractivity contribution in [1.82, 2.24) is 10.2 Å². The van der Waals surface area contributed by atoms with Crippen molar-refractivity contribution in [3.05, 3.63) is 0 Å². The van der Waals surface area contributed by atoms with Gasteiger partial charge in [0.05, 0.1) is 12.6 Å². The molecule has 0 aromatic heterocycles. The first-order valence-corrected chi connectivity index (χ1v) is 6.48. The van der Waals surface area contributed by atoms with Gasteiger partial charge in [0.2, 0.25) is 5.91 Å². The van der Waals surface area contributed by atoms with Crippen LogP contribution in [0.5, 0.6) is 0 Å². The molecule has 1 atom stereocenters. The van der Waals surface area contributed by atoms with E-state index in [2.05, 4.69) is 10.2 Å². The van der Waals surface area contributed by atoms with Gasteiger partial charge in [-0.15, -0.1) is 0 Å². The first-order valence-electron chi connectivity index (χ1n) is 6.48. The summed E-state index contributed by atoms with van der Waals surface area (Å²) in [6.07, 6.45) is 2.06. The van der Waals surface area contributed by atoms with Gasteiger partial charge < -0.3 is 15.8 Å². The Morgan fingerprint density at radius 1 is 1.53 bits per heavy atom. The van der Waals surface area contributed by atoms with Gasteiger partial charge >= 0.3 is 0 Å². The van der Waals surface area contributed by atoms with E-state index in [0.29, 0.717) is 25.7 Å². The van der Waals surface area contributed by atoms with Gasteiger partial charge in [0.1, 0.15) is 0 Å². The molecule has 1 rings (SSSR count). The van der Waals surface area contributed by atoms with Gasteiger partial charge in [-0.1, -0.05) is 0 Å². The fourth-order valence-corrected chi connectivity index (χ4v) is 1.97. The maximum absolute atomic E-state index is 11.7. The lowest BCUT2D eigenvalue weighted by molar-refractivity contribution is -0.123. The average molecular weight is 243 g/mol. The van der Waals surface area contributed by atoms with Crippen LogP contribution >= 0.6 is 0 Å². The third-order valence-electron chi connectivity index (χ3n) is 3.04. The Hall–Kier alpha value is -0.650. The maximum Gasteiger partial charge on any atom is 0.234 e. The molecule has 0 aromatic carbocycles. The number of nitrogens with one attached hydrogen (secondary N) is 1. The van der Waals surface area contributed by atoms with Crippen LogP contribution < -0.4 is 11.1 Å². The lowest BCUT2D eigenvalue weighted by atomic mass is 10.1. The van der Waals surface area contributed by atoms with Crippen LogP contribution in [0.1, 0.15) is 26.7 Å². The summed E-state index contributed by atoms with van der Waals surface area (Å²) < 4.78 is 5.35. The number of piperidine rings is 1. The largest absolute Gasteiger partial charge is 0.377 e. The van der Waals surface area contributed by atoms with Gasteiger partial charge in [0.15, 0.2) is 0 Å². The number of hydrogen-bond acceptors (Lipinski definition) is 4. The van der Waals surface area contributed by atoms with E-state index in [9.17, 15) is 4.79 Å². The van der Waals surface area contributed by atoms with Crippen LogP contribution in [0, 0.1) is 0 Å². The normalized spacial score (nSPS) is 20.2. The second kappa shape index (κ2) is 7.63. The van der Waals surface area contributed by atoms with Gasteiger partial charge in [-0.05, 0) is 26.7 Å². The molecule has 3 N–H and O–H groups in total. The number of carbonyl (C=O) groups excluding carboxylic acids is 1. The van der Waals surface area contributed by atoms with Crippen molar-refractivity contribution in [2.45, 2.75) is 38.8 Å². The van der Waals surface area contributed by atoms with Crippen molar-refractivity contribution in [2.24, 2.45) is 5.73 Å². The van der Waals surface area contributed by atoms with Crippen molar-refractivity contribution in [3.8, 4) is 0 Å². The van der Waals surface area contributed by atoms with Crippen molar-refractivity contribution in [1.29, 1.82) is 0 Å². The Labute approximate surface area is 104 Å². The van der Waals surface area contributed by atoms with Crippen LogP contribution in [0.4, 0.5) is 0 Å². The summed E-state index contributed by atoms with van der Waals surface area (Å²) in [4.78, 5) is 13.8. The van der Waals surface area contributed by atoms with Crippen LogP contribution in [0.3, 0.4) is 0 Å². The van der Waals surface area contributed by atoms with Crippen LogP contribution in [0.2, 0.25) is 0 Å². The minimum atomic E-state index is 0.0759. The highest BCUT2D eigenvalue weighted by Gasteiger charge is 2.18. The zero-order valence-corrected chi connectivity index (χ0v) is 10.9. The van der Waals surface area contributed by atoms with Crippen molar-refractivity contribution >= 4 is 5.91 Å². The summed E-state index contributed by atoms with van der Waals surface area (Å²) in [5.41, 5.74) is 5.82. The van der Waals surface area contributed by atoms with Gasteiger partial charge in [-0.2, -0.15) is 0 Å². The molecular formula is C12H25N3O2. The summed E-state index contributed by atoms with van der Waals surface area (Å²) in [5, 5.41) is 2.89. The quantitative estimate of drug-likeness (QED) is 0.686. The van der Waals surface area contributed by atoms with E-state index in [1.807, 2.05) is 13.8 Å². The van der Waals surface area contributed by atoms with Gasteiger partial charge in [-0.25, -0.2) is 0 Å². The molecule has 0 aliphatic carbocycles. The van der Waals surface area contributed by atoms with Crippen LogP contribution in [0.15, 0.2) is 0 Å². The van der Waals surface area contributed by atoms with Gasteiger partial charge in [0, 0.05) is 32.3 Å². The molecule has 1 unspecified atom stereocenters. The zero-order chi connectivity index (χ0) is 12.7. The first kappa shape index (κ1) is 14.4. The standard InChI is InChI=1S/C12H25N3O2/c1-3-17-10(2)8-14-12(16)9-15-6-4-11(13)5-7-15/h10-11H,3-9,13H2,1-2H3,(H,14,16). The van der Waals surface area contributed by atoms with E-state index in [1.165, 1.54) is 0 Å². The Morgan fingerprint density at radius 3 is 2.76 bits per heavy atom. The van der Waals surface area contributed by atoms with E-state index < -0.39 is 0 Å². The third kappa shape index (κ3) is 6.00. The highest BCUT2D eigenvalue weighted by molar-refractivity contribution is 5.78. The third-order valence-corrected chi connectivity index (χ3v) is 3.04. The van der Waals surface area contributed by atoms with E-state index in [4.69, 9.17) is 10.5 Å². The summed E-state index contributed by atoms with van der Waals surface area (Å²) >= 11 is 0. The lowest BCUT2D eigenvalue weighted by Crippen LogP contribution is -2.45. The molecule has 0 aromatic rings. The molecule has 1 heterocycles. The fourth-order valence-electron chi connectivity index (χ4n) is 1.97. The maximum atomic E-state index is 11.7. The topological polar surface area (TPSA) is 67.6 Å². The molecule has 5 heteroatoms. The van der Waals surface area contributed by atoms with E-state index in [0.717, 1.165) is 25.9 Å². The van der Waals surface area contributed by atoms with E-state index in [1.54, 1.807) is 0 Å². The number of likely N-dealkylation sites (tertiary alicyclic amines) is 1. The molecule has 17 heavy (non-hydrogen) atoms. The monoisotopic (exact) mass is 243 g/mol. The molecule has 1 amide bonds. The molecule has 0 saturated carbocycles. The summed E-state index contributed by atoms with van der Waals surface area (Å²) in [7, 11) is 0. The van der Waals surface area contributed by atoms with Gasteiger partial charge in [-0.3, -0.25) is 9.69 Å². The minimum Gasteiger partial charge on any atom is -0.377 e. The van der Waals surface area contributed by atoms with Gasteiger partial charge in [0.25, 0.3) is 0 Å². The van der Waals surface area contributed by atoms with Crippen molar-refractivity contribution < 1.29 is 9.53 Å². The number of rotatable bonds is 6. The van der Waals surface area contributed by atoms with E-state index >= 15 is 0 Å². The molecule has 100 valence electrons. The number of nitrogens with zero attached hydrogens (tertiary/aromatic N) is 1. The number of carbonyl (C=O) groups is 1. The molecular weight excluding hydrogens is 218 g/mol. The Bertz CT molecular complexity index is 228. The predicted octanol–water partition coefficient (Wildman–Crippen LogP) is -0.0493. The summed E-state index contributed by atoms with van der Waals surface area (Å²) in [6, 6.07) is 0.312. The summed E-state index contributed by atoms with van der Waals surface area (Å²) in [5.74, 6) is 0.0759. The van der Waals surface area contributed by atoms with Crippen molar-refractivity contribution in [3.63, 3.8) is 0 Å². The number of hydrogen-bond donors (Lipinski definition) is 2. The number of nitrogens with two attached hydrogens (primary N) is 1. The smallest absolute Gasteiger partial charge is 0.234 e. The molecule has 1 saturated heterocycles. The van der Waals surface area contributed by atoms with E-state index in [-0.39, 0.29) is 12.0 Å². The lowest BCUT2D eigenvalue weighted by Gasteiger charge is -2.29. The highest BCUT2D eigenvalue weighted by Crippen LogP contribution is 2.07. The Morgan fingerprint density at radius 2 is 2.18 bits per heavy atom. The van der Waals surface area contributed by atoms with Crippen LogP contribution in [0.25, 0.3) is 0 Å². The Kier molecular flexibility index (Phi) is 6.47. The molecule has 5 nitrogen and oxygen atoms in total. The molecule has 0 spiro atoms. The SMILES string of the molecule is CCOC(C)CNC(=O)CN1CCC(N)CC1. The number of amides is 1. The minimum absolute atomic E-state index is 0.0759. The van der Waals surface area contributed by atoms with Crippen LogP contribution in [-0.4, -0.2) is 55.7 Å². The van der Waals surface area contributed by atoms with Crippen molar-refractivity contribution in [2.75, 3.05) is 32.8 Å². The second-order valence-electron chi connectivity index (χ2n) is 4.68. The summed E-state index contributed by atoms with van der Waals surface area (Å²) in [6.45, 7) is 7.51. The molecule has 1 fully saturated rings. The number of ether oxygens (including phenoxy) is 1. The van der Waals surface area contributed by atoms with Crippen LogP contribution in [-0.2, 0) is 9.53 Å².